The monoisotopic (exact) mass is 323 g/mol. The molecule has 0 bridgehead atoms. The first-order chi connectivity index (χ1) is 11.6. The smallest absolute Gasteiger partial charge is 0.251 e. The van der Waals surface area contributed by atoms with E-state index in [1.807, 2.05) is 29.8 Å². The van der Waals surface area contributed by atoms with Gasteiger partial charge in [-0.05, 0) is 75.1 Å². The number of rotatable bonds is 6. The van der Waals surface area contributed by atoms with E-state index in [1.165, 1.54) is 25.7 Å². The summed E-state index contributed by atoms with van der Waals surface area (Å²) in [6.07, 6.45) is 5.11. The van der Waals surface area contributed by atoms with Crippen molar-refractivity contribution < 1.29 is 4.79 Å². The van der Waals surface area contributed by atoms with E-state index in [1.54, 1.807) is 0 Å². The van der Waals surface area contributed by atoms with Gasteiger partial charge in [0.2, 0.25) is 0 Å². The van der Waals surface area contributed by atoms with Crippen LogP contribution in [0, 0.1) is 25.7 Å². The lowest BCUT2D eigenvalue weighted by Crippen LogP contribution is -2.38. The number of aromatic nitrogens is 2. The van der Waals surface area contributed by atoms with Crippen LogP contribution in [0.25, 0.3) is 0 Å². The zero-order chi connectivity index (χ0) is 16.7. The molecule has 1 aromatic heterocycles. The third-order valence-electron chi connectivity index (χ3n) is 5.18. The molecule has 4 nitrogen and oxygen atoms in total. The summed E-state index contributed by atoms with van der Waals surface area (Å²) in [5, 5.41) is 7.81. The van der Waals surface area contributed by atoms with Gasteiger partial charge in [0.25, 0.3) is 5.91 Å². The maximum atomic E-state index is 12.7. The van der Waals surface area contributed by atoms with Crippen molar-refractivity contribution in [3.05, 3.63) is 52.8 Å². The number of carbonyl (C=O) groups excluding carboxylic acids is 1. The molecule has 2 aliphatic carbocycles. The van der Waals surface area contributed by atoms with Crippen LogP contribution in [0.15, 0.2) is 30.3 Å². The SMILES string of the molecule is Cc1cc(C)n(Cc2cccc(C(=O)NC(C3CC3)C3CC3)c2)n1. The second-order valence-electron chi connectivity index (χ2n) is 7.46. The van der Waals surface area contributed by atoms with Crippen LogP contribution in [0.2, 0.25) is 0 Å². The molecule has 2 aliphatic rings. The quantitative estimate of drug-likeness (QED) is 0.885. The molecule has 1 amide bonds. The largest absolute Gasteiger partial charge is 0.349 e. The molecule has 4 heteroatoms. The maximum Gasteiger partial charge on any atom is 0.251 e. The Morgan fingerprint density at radius 3 is 2.50 bits per heavy atom. The molecule has 0 unspecified atom stereocenters. The van der Waals surface area contributed by atoms with E-state index in [2.05, 4.69) is 29.5 Å². The zero-order valence-corrected chi connectivity index (χ0v) is 14.5. The molecule has 1 aromatic carbocycles. The molecule has 24 heavy (non-hydrogen) atoms. The Kier molecular flexibility index (Phi) is 3.91. The minimum Gasteiger partial charge on any atom is -0.349 e. The minimum atomic E-state index is 0.0778. The Balaban J connectivity index is 1.47. The zero-order valence-electron chi connectivity index (χ0n) is 14.5. The minimum absolute atomic E-state index is 0.0778. The molecule has 0 radical (unpaired) electrons. The predicted octanol–water partition coefficient (Wildman–Crippen LogP) is 3.47. The van der Waals surface area contributed by atoms with Crippen LogP contribution in [0.4, 0.5) is 0 Å². The van der Waals surface area contributed by atoms with Gasteiger partial charge in [0.1, 0.15) is 0 Å². The highest BCUT2D eigenvalue weighted by Crippen LogP contribution is 2.44. The average molecular weight is 323 g/mol. The second-order valence-corrected chi connectivity index (χ2v) is 7.46. The van der Waals surface area contributed by atoms with Gasteiger partial charge in [0.05, 0.1) is 12.2 Å². The summed E-state index contributed by atoms with van der Waals surface area (Å²) in [6.45, 7) is 4.77. The van der Waals surface area contributed by atoms with Gasteiger partial charge in [-0.3, -0.25) is 9.48 Å². The van der Waals surface area contributed by atoms with Crippen molar-refractivity contribution in [2.75, 3.05) is 0 Å². The predicted molar refractivity (Wildman–Crippen MR) is 93.9 cm³/mol. The van der Waals surface area contributed by atoms with Crippen LogP contribution < -0.4 is 5.32 Å². The van der Waals surface area contributed by atoms with E-state index in [9.17, 15) is 4.79 Å². The van der Waals surface area contributed by atoms with E-state index >= 15 is 0 Å². The van der Waals surface area contributed by atoms with E-state index in [-0.39, 0.29) is 5.91 Å². The molecule has 2 fully saturated rings. The van der Waals surface area contributed by atoms with Gasteiger partial charge in [0.15, 0.2) is 0 Å². The molecule has 1 N–H and O–H groups in total. The first-order valence-electron chi connectivity index (χ1n) is 9.01. The van der Waals surface area contributed by atoms with Crippen LogP contribution in [0.3, 0.4) is 0 Å². The molecule has 0 saturated heterocycles. The highest BCUT2D eigenvalue weighted by Gasteiger charge is 2.42. The Bertz CT molecular complexity index is 744. The molecule has 2 aromatic rings. The lowest BCUT2D eigenvalue weighted by atomic mass is 10.1. The van der Waals surface area contributed by atoms with Crippen LogP contribution in [-0.2, 0) is 6.54 Å². The number of carbonyl (C=O) groups is 1. The fourth-order valence-corrected chi connectivity index (χ4v) is 3.58. The molecular formula is C20H25N3O. The number of benzene rings is 1. The normalized spacial score (nSPS) is 17.3. The van der Waals surface area contributed by atoms with Crippen molar-refractivity contribution in [2.24, 2.45) is 11.8 Å². The van der Waals surface area contributed by atoms with Crippen LogP contribution >= 0.6 is 0 Å². The van der Waals surface area contributed by atoms with Crippen LogP contribution in [-0.4, -0.2) is 21.7 Å². The number of hydrogen-bond acceptors (Lipinski definition) is 2. The standard InChI is InChI=1S/C20H25N3O/c1-13-10-14(2)23(22-13)12-15-4-3-5-18(11-15)20(24)21-19(16-6-7-16)17-8-9-17/h3-5,10-11,16-17,19H,6-9,12H2,1-2H3,(H,21,24). The van der Waals surface area contributed by atoms with E-state index in [0.717, 1.165) is 34.4 Å². The van der Waals surface area contributed by atoms with Crippen molar-refractivity contribution in [1.29, 1.82) is 0 Å². The van der Waals surface area contributed by atoms with Gasteiger partial charge in [-0.1, -0.05) is 12.1 Å². The Labute approximate surface area is 143 Å². The summed E-state index contributed by atoms with van der Waals surface area (Å²) < 4.78 is 1.99. The van der Waals surface area contributed by atoms with Crippen molar-refractivity contribution in [2.45, 2.75) is 52.1 Å². The third-order valence-corrected chi connectivity index (χ3v) is 5.18. The van der Waals surface area contributed by atoms with Gasteiger partial charge in [0, 0.05) is 17.3 Å². The molecule has 2 saturated carbocycles. The summed E-state index contributed by atoms with van der Waals surface area (Å²) in [6, 6.07) is 10.4. The molecule has 4 rings (SSSR count). The fraction of sp³-hybridized carbons (Fsp3) is 0.500. The topological polar surface area (TPSA) is 46.9 Å². The summed E-state index contributed by atoms with van der Waals surface area (Å²) in [5.74, 6) is 1.52. The van der Waals surface area contributed by atoms with Crippen molar-refractivity contribution >= 4 is 5.91 Å². The Morgan fingerprint density at radius 2 is 1.92 bits per heavy atom. The lowest BCUT2D eigenvalue weighted by molar-refractivity contribution is 0.0926. The first-order valence-corrected chi connectivity index (χ1v) is 9.01. The highest BCUT2D eigenvalue weighted by atomic mass is 16.1. The Hall–Kier alpha value is -2.10. The number of hydrogen-bond donors (Lipinski definition) is 1. The molecule has 126 valence electrons. The van der Waals surface area contributed by atoms with Crippen molar-refractivity contribution in [1.82, 2.24) is 15.1 Å². The molecule has 0 aliphatic heterocycles. The number of aryl methyl sites for hydroxylation is 2. The summed E-state index contributed by atoms with van der Waals surface area (Å²) >= 11 is 0. The van der Waals surface area contributed by atoms with Gasteiger partial charge in [-0.2, -0.15) is 5.10 Å². The second kappa shape index (κ2) is 6.08. The third kappa shape index (κ3) is 3.37. The summed E-state index contributed by atoms with van der Waals surface area (Å²) in [7, 11) is 0. The van der Waals surface area contributed by atoms with E-state index in [0.29, 0.717) is 12.6 Å². The molecular weight excluding hydrogens is 298 g/mol. The summed E-state index contributed by atoms with van der Waals surface area (Å²) in [5.41, 5.74) is 4.05. The lowest BCUT2D eigenvalue weighted by Gasteiger charge is -2.18. The van der Waals surface area contributed by atoms with Crippen LogP contribution in [0.5, 0.6) is 0 Å². The van der Waals surface area contributed by atoms with Crippen molar-refractivity contribution in [3.63, 3.8) is 0 Å². The average Bonchev–Trinajstić information content (AvgIpc) is 3.46. The highest BCUT2D eigenvalue weighted by molar-refractivity contribution is 5.94. The van der Waals surface area contributed by atoms with E-state index < -0.39 is 0 Å². The Morgan fingerprint density at radius 1 is 1.21 bits per heavy atom. The number of amides is 1. The molecule has 0 atom stereocenters. The number of nitrogens with zero attached hydrogens (tertiary/aromatic N) is 2. The van der Waals surface area contributed by atoms with Gasteiger partial charge in [-0.25, -0.2) is 0 Å². The van der Waals surface area contributed by atoms with Gasteiger partial charge in [-0.15, -0.1) is 0 Å². The van der Waals surface area contributed by atoms with Gasteiger partial charge >= 0.3 is 0 Å². The van der Waals surface area contributed by atoms with E-state index in [4.69, 9.17) is 0 Å². The summed E-state index contributed by atoms with van der Waals surface area (Å²) in [4.78, 5) is 12.7. The first kappa shape index (κ1) is 15.4. The maximum absolute atomic E-state index is 12.7. The van der Waals surface area contributed by atoms with Gasteiger partial charge < -0.3 is 5.32 Å². The fourth-order valence-electron chi connectivity index (χ4n) is 3.58. The van der Waals surface area contributed by atoms with Crippen molar-refractivity contribution in [3.8, 4) is 0 Å². The van der Waals surface area contributed by atoms with Crippen LogP contribution in [0.1, 0.15) is 53.0 Å². The molecule has 1 heterocycles. The molecule has 0 spiro atoms. The number of nitrogens with one attached hydrogen (secondary N) is 1.